The third kappa shape index (κ3) is 1.47. The minimum absolute atomic E-state index is 0.200. The third-order valence-corrected chi connectivity index (χ3v) is 4.11. The van der Waals surface area contributed by atoms with Crippen molar-refractivity contribution in [2.24, 2.45) is 5.92 Å². The van der Waals surface area contributed by atoms with Gasteiger partial charge in [0.15, 0.2) is 0 Å². The van der Waals surface area contributed by atoms with Crippen molar-refractivity contribution >= 4 is 0 Å². The van der Waals surface area contributed by atoms with Gasteiger partial charge in [-0.3, -0.25) is 0 Å². The smallest absolute Gasteiger partial charge is 0.140 e. The van der Waals surface area contributed by atoms with E-state index in [1.54, 1.807) is 0 Å². The molecular formula is C12H20N4. The summed E-state index contributed by atoms with van der Waals surface area (Å²) in [6, 6.07) is 0. The number of nitrogens with zero attached hydrogens (tertiary/aromatic N) is 3. The van der Waals surface area contributed by atoms with Crippen LogP contribution < -0.4 is 5.32 Å². The Bertz CT molecular complexity index is 390. The molecule has 3 rings (SSSR count). The molecule has 16 heavy (non-hydrogen) atoms. The third-order valence-electron chi connectivity index (χ3n) is 4.11. The zero-order valence-corrected chi connectivity index (χ0v) is 10.2. The molecule has 3 heterocycles. The van der Waals surface area contributed by atoms with Gasteiger partial charge < -0.3 is 9.88 Å². The molecule has 0 aliphatic carbocycles. The van der Waals surface area contributed by atoms with E-state index in [0.29, 0.717) is 0 Å². The maximum absolute atomic E-state index is 4.46. The predicted octanol–water partition coefficient (Wildman–Crippen LogP) is 1.11. The first kappa shape index (κ1) is 10.3. The van der Waals surface area contributed by atoms with Crippen LogP contribution in [0.2, 0.25) is 0 Å². The normalized spacial score (nSPS) is 34.0. The van der Waals surface area contributed by atoms with E-state index in [2.05, 4.69) is 33.9 Å². The van der Waals surface area contributed by atoms with Gasteiger partial charge in [-0.15, -0.1) is 10.2 Å². The molecule has 0 amide bonds. The fourth-order valence-electron chi connectivity index (χ4n) is 2.94. The lowest BCUT2D eigenvalue weighted by atomic mass is 9.88. The van der Waals surface area contributed by atoms with E-state index in [-0.39, 0.29) is 5.41 Å². The quantitative estimate of drug-likeness (QED) is 0.771. The Labute approximate surface area is 96.4 Å². The molecule has 2 atom stereocenters. The van der Waals surface area contributed by atoms with Crippen LogP contribution in [0.5, 0.6) is 0 Å². The molecule has 1 aromatic heterocycles. The molecule has 4 nitrogen and oxygen atoms in total. The monoisotopic (exact) mass is 220 g/mol. The van der Waals surface area contributed by atoms with Gasteiger partial charge in [0, 0.05) is 24.9 Å². The Morgan fingerprint density at radius 1 is 1.44 bits per heavy atom. The summed E-state index contributed by atoms with van der Waals surface area (Å²) >= 11 is 0. The molecule has 1 N–H and O–H groups in total. The van der Waals surface area contributed by atoms with E-state index in [4.69, 9.17) is 0 Å². The van der Waals surface area contributed by atoms with Crippen molar-refractivity contribution < 1.29 is 0 Å². The molecular weight excluding hydrogens is 200 g/mol. The van der Waals surface area contributed by atoms with Crippen LogP contribution in [-0.4, -0.2) is 27.9 Å². The molecule has 0 saturated carbocycles. The van der Waals surface area contributed by atoms with Gasteiger partial charge in [-0.2, -0.15) is 0 Å². The van der Waals surface area contributed by atoms with Gasteiger partial charge in [0.1, 0.15) is 11.6 Å². The maximum Gasteiger partial charge on any atom is 0.140 e. The van der Waals surface area contributed by atoms with Crippen LogP contribution in [-0.2, 0) is 18.4 Å². The Balaban J connectivity index is 1.97. The minimum atomic E-state index is 0.200. The van der Waals surface area contributed by atoms with Crippen molar-refractivity contribution in [3.8, 4) is 0 Å². The second-order valence-corrected chi connectivity index (χ2v) is 5.68. The summed E-state index contributed by atoms with van der Waals surface area (Å²) in [6.45, 7) is 7.86. The molecule has 1 saturated heterocycles. The Morgan fingerprint density at radius 2 is 2.31 bits per heavy atom. The fraction of sp³-hybridized carbons (Fsp3) is 0.833. The van der Waals surface area contributed by atoms with Crippen molar-refractivity contribution in [2.75, 3.05) is 13.1 Å². The van der Waals surface area contributed by atoms with Crippen LogP contribution in [0.4, 0.5) is 0 Å². The summed E-state index contributed by atoms with van der Waals surface area (Å²) in [7, 11) is 0. The summed E-state index contributed by atoms with van der Waals surface area (Å²) in [6.07, 6.45) is 3.54. The van der Waals surface area contributed by atoms with Crippen LogP contribution in [0, 0.1) is 5.92 Å². The molecule has 2 aliphatic heterocycles. The number of fused-ring (bicyclic) bond motifs is 1. The largest absolute Gasteiger partial charge is 0.316 e. The van der Waals surface area contributed by atoms with Crippen LogP contribution in [0.15, 0.2) is 0 Å². The molecule has 0 aromatic carbocycles. The van der Waals surface area contributed by atoms with E-state index < -0.39 is 0 Å². The van der Waals surface area contributed by atoms with E-state index in [0.717, 1.165) is 32.0 Å². The fourth-order valence-corrected chi connectivity index (χ4v) is 2.94. The Morgan fingerprint density at radius 3 is 3.06 bits per heavy atom. The highest BCUT2D eigenvalue weighted by atomic mass is 15.3. The average Bonchev–Trinajstić information content (AvgIpc) is 2.84. The predicted molar refractivity (Wildman–Crippen MR) is 62.3 cm³/mol. The molecule has 4 heteroatoms. The van der Waals surface area contributed by atoms with Gasteiger partial charge in [-0.05, 0) is 25.3 Å². The van der Waals surface area contributed by atoms with Crippen molar-refractivity contribution in [3.63, 3.8) is 0 Å². The first-order valence-electron chi connectivity index (χ1n) is 6.32. The van der Waals surface area contributed by atoms with Crippen LogP contribution in [0.3, 0.4) is 0 Å². The number of hydrogen-bond acceptors (Lipinski definition) is 3. The van der Waals surface area contributed by atoms with Crippen LogP contribution in [0.25, 0.3) is 0 Å². The Hall–Kier alpha value is -0.900. The molecule has 0 bridgehead atoms. The number of hydrogen-bond donors (Lipinski definition) is 1. The van der Waals surface area contributed by atoms with Gasteiger partial charge >= 0.3 is 0 Å². The standard InChI is InChI=1S/C12H20N4/c1-9-3-6-16-10(7-9)14-15-11(16)12(2)4-5-13-8-12/h9,13H,3-8H2,1-2H3. The lowest BCUT2D eigenvalue weighted by Crippen LogP contribution is -2.31. The van der Waals surface area contributed by atoms with Gasteiger partial charge in [-0.1, -0.05) is 13.8 Å². The van der Waals surface area contributed by atoms with Crippen molar-refractivity contribution in [1.82, 2.24) is 20.1 Å². The summed E-state index contributed by atoms with van der Waals surface area (Å²) in [5.74, 6) is 3.17. The summed E-state index contributed by atoms with van der Waals surface area (Å²) < 4.78 is 2.37. The molecule has 0 spiro atoms. The van der Waals surface area contributed by atoms with Crippen molar-refractivity contribution in [3.05, 3.63) is 11.6 Å². The number of aromatic nitrogens is 3. The minimum Gasteiger partial charge on any atom is -0.316 e. The lowest BCUT2D eigenvalue weighted by Gasteiger charge is -2.26. The van der Waals surface area contributed by atoms with Gasteiger partial charge in [0.25, 0.3) is 0 Å². The van der Waals surface area contributed by atoms with Gasteiger partial charge in [-0.25, -0.2) is 0 Å². The maximum atomic E-state index is 4.46. The van der Waals surface area contributed by atoms with E-state index >= 15 is 0 Å². The lowest BCUT2D eigenvalue weighted by molar-refractivity contribution is 0.376. The summed E-state index contributed by atoms with van der Waals surface area (Å²) in [5, 5.41) is 12.3. The number of nitrogens with one attached hydrogen (secondary N) is 1. The first-order chi connectivity index (χ1) is 7.69. The summed E-state index contributed by atoms with van der Waals surface area (Å²) in [4.78, 5) is 0. The molecule has 2 unspecified atom stereocenters. The molecule has 88 valence electrons. The number of rotatable bonds is 1. The second kappa shape index (κ2) is 3.55. The van der Waals surface area contributed by atoms with E-state index in [1.165, 1.54) is 24.5 Å². The van der Waals surface area contributed by atoms with Gasteiger partial charge in [0.2, 0.25) is 0 Å². The molecule has 1 fully saturated rings. The van der Waals surface area contributed by atoms with Crippen LogP contribution >= 0.6 is 0 Å². The molecule has 1 aromatic rings. The first-order valence-corrected chi connectivity index (χ1v) is 6.32. The summed E-state index contributed by atoms with van der Waals surface area (Å²) in [5.41, 5.74) is 0.200. The zero-order chi connectivity index (χ0) is 11.2. The van der Waals surface area contributed by atoms with Crippen molar-refractivity contribution in [2.45, 2.75) is 45.1 Å². The second-order valence-electron chi connectivity index (χ2n) is 5.68. The highest BCUT2D eigenvalue weighted by molar-refractivity contribution is 5.14. The van der Waals surface area contributed by atoms with E-state index in [1.807, 2.05) is 0 Å². The van der Waals surface area contributed by atoms with Crippen LogP contribution in [0.1, 0.15) is 38.3 Å². The zero-order valence-electron chi connectivity index (χ0n) is 10.2. The molecule has 2 aliphatic rings. The SMILES string of the molecule is CC1CCn2c(nnc2C2(C)CCNC2)C1. The van der Waals surface area contributed by atoms with E-state index in [9.17, 15) is 0 Å². The average molecular weight is 220 g/mol. The molecule has 0 radical (unpaired) electrons. The highest BCUT2D eigenvalue weighted by Crippen LogP contribution is 2.31. The van der Waals surface area contributed by atoms with Crippen molar-refractivity contribution in [1.29, 1.82) is 0 Å². The highest BCUT2D eigenvalue weighted by Gasteiger charge is 2.36. The topological polar surface area (TPSA) is 42.7 Å². The van der Waals surface area contributed by atoms with Gasteiger partial charge in [0.05, 0.1) is 0 Å². The Kier molecular flexibility index (Phi) is 2.28.